The molecule has 6 heteroatoms. The van der Waals surface area contributed by atoms with E-state index in [1.807, 2.05) is 13.8 Å². The molecule has 144 valence electrons. The zero-order valence-electron chi connectivity index (χ0n) is 15.3. The van der Waals surface area contributed by atoms with Gasteiger partial charge in [-0.05, 0) is 42.6 Å². The van der Waals surface area contributed by atoms with Gasteiger partial charge in [-0.15, -0.1) is 0 Å². The van der Waals surface area contributed by atoms with Gasteiger partial charge in [-0.3, -0.25) is 4.79 Å². The van der Waals surface area contributed by atoms with Crippen molar-refractivity contribution in [3.63, 3.8) is 0 Å². The summed E-state index contributed by atoms with van der Waals surface area (Å²) >= 11 is 0. The second-order valence-electron chi connectivity index (χ2n) is 9.97. The van der Waals surface area contributed by atoms with Crippen molar-refractivity contribution in [3.05, 3.63) is 12.2 Å². The maximum absolute atomic E-state index is 13.3. The van der Waals surface area contributed by atoms with Crippen molar-refractivity contribution in [2.45, 2.75) is 63.6 Å². The number of aliphatic hydroxyl groups is 4. The van der Waals surface area contributed by atoms with Crippen LogP contribution < -0.4 is 0 Å². The highest BCUT2D eigenvalue weighted by molar-refractivity contribution is 6.05. The van der Waals surface area contributed by atoms with Crippen LogP contribution in [0.4, 0.5) is 0 Å². The molecule has 4 unspecified atom stereocenters. The van der Waals surface area contributed by atoms with Gasteiger partial charge in [0.2, 0.25) is 5.79 Å². The molecule has 26 heavy (non-hydrogen) atoms. The Morgan fingerprint density at radius 3 is 2.50 bits per heavy atom. The minimum Gasteiger partial charge on any atom is -0.392 e. The molecule has 2 heterocycles. The number of hydrogen-bond acceptors (Lipinski definition) is 6. The number of ketones is 1. The largest absolute Gasteiger partial charge is 0.392 e. The summed E-state index contributed by atoms with van der Waals surface area (Å²) in [7, 11) is 0. The molecule has 9 atom stereocenters. The Balaban J connectivity index is 1.81. The highest BCUT2D eigenvalue weighted by atomic mass is 16.6. The number of carbonyl (C=O) groups is 1. The summed E-state index contributed by atoms with van der Waals surface area (Å²) in [6, 6.07) is 0. The fourth-order valence-electron chi connectivity index (χ4n) is 7.90. The Labute approximate surface area is 152 Å². The number of hydrogen-bond donors (Lipinski definition) is 4. The van der Waals surface area contributed by atoms with Crippen molar-refractivity contribution in [2.24, 2.45) is 34.0 Å². The first-order valence-corrected chi connectivity index (χ1v) is 9.71. The van der Waals surface area contributed by atoms with Gasteiger partial charge in [-0.25, -0.2) is 0 Å². The Bertz CT molecular complexity index is 717. The van der Waals surface area contributed by atoms with E-state index in [0.717, 1.165) is 6.42 Å². The van der Waals surface area contributed by atoms with Crippen molar-refractivity contribution >= 4 is 5.78 Å². The zero-order valence-corrected chi connectivity index (χ0v) is 15.3. The van der Waals surface area contributed by atoms with E-state index in [0.29, 0.717) is 24.8 Å². The summed E-state index contributed by atoms with van der Waals surface area (Å²) in [6.07, 6.45) is -0.747. The van der Waals surface area contributed by atoms with Gasteiger partial charge in [0.25, 0.3) is 0 Å². The molecule has 0 aromatic heterocycles. The first-order valence-electron chi connectivity index (χ1n) is 9.71. The maximum atomic E-state index is 13.3. The quantitative estimate of drug-likeness (QED) is 0.463. The van der Waals surface area contributed by atoms with Crippen LogP contribution in [0.25, 0.3) is 0 Å². The fraction of sp³-hybridized carbons (Fsp3) is 0.850. The molecule has 0 aromatic rings. The van der Waals surface area contributed by atoms with Gasteiger partial charge >= 0.3 is 0 Å². The van der Waals surface area contributed by atoms with Gasteiger partial charge in [0.15, 0.2) is 5.78 Å². The summed E-state index contributed by atoms with van der Waals surface area (Å²) in [4.78, 5) is 13.3. The summed E-state index contributed by atoms with van der Waals surface area (Å²) in [6.45, 7) is 8.07. The number of rotatable bonds is 0. The number of aliphatic hydroxyl groups excluding tert-OH is 3. The molecule has 4 bridgehead atoms. The smallest absolute Gasteiger partial charge is 0.208 e. The molecule has 4 saturated carbocycles. The maximum Gasteiger partial charge on any atom is 0.208 e. The van der Waals surface area contributed by atoms with Crippen LogP contribution in [0.15, 0.2) is 12.2 Å². The molecule has 2 spiro atoms. The van der Waals surface area contributed by atoms with E-state index < -0.39 is 58.5 Å². The minimum atomic E-state index is -2.15. The number of ether oxygens (including phenoxy) is 1. The van der Waals surface area contributed by atoms with Crippen LogP contribution in [0.3, 0.4) is 0 Å². The SMILES string of the molecule is C=C1C(=O)[C@]23C(O)C1CC[C@H]2[C@@]12CO[C@]3(O)C(O)[C@@H]1C(C)(C)CCC2O. The van der Waals surface area contributed by atoms with Crippen LogP contribution in [0, 0.1) is 34.0 Å². The topological polar surface area (TPSA) is 107 Å². The average Bonchev–Trinajstić information content (AvgIpc) is 2.69. The number of fused-ring (bicyclic) bond motifs is 2. The Kier molecular flexibility index (Phi) is 3.07. The second-order valence-corrected chi connectivity index (χ2v) is 9.97. The predicted molar refractivity (Wildman–Crippen MR) is 90.7 cm³/mol. The predicted octanol–water partition coefficient (Wildman–Crippen LogP) is 0.376. The van der Waals surface area contributed by atoms with Gasteiger partial charge in [-0.2, -0.15) is 0 Å². The van der Waals surface area contributed by atoms with Crippen LogP contribution >= 0.6 is 0 Å². The van der Waals surface area contributed by atoms with Crippen molar-refractivity contribution in [3.8, 4) is 0 Å². The third-order valence-electron chi connectivity index (χ3n) is 8.88. The molecule has 4 N–H and O–H groups in total. The third kappa shape index (κ3) is 1.41. The van der Waals surface area contributed by atoms with E-state index in [9.17, 15) is 25.2 Å². The van der Waals surface area contributed by atoms with E-state index in [1.54, 1.807) is 0 Å². The number of carbonyl (C=O) groups excluding carboxylic acids is 1. The summed E-state index contributed by atoms with van der Waals surface area (Å²) in [5, 5.41) is 45.1. The van der Waals surface area contributed by atoms with E-state index in [4.69, 9.17) is 4.74 Å². The van der Waals surface area contributed by atoms with Crippen LogP contribution in [-0.2, 0) is 9.53 Å². The lowest BCUT2D eigenvalue weighted by atomic mass is 9.35. The average molecular weight is 364 g/mol. The molecule has 6 rings (SSSR count). The second kappa shape index (κ2) is 4.61. The monoisotopic (exact) mass is 364 g/mol. The van der Waals surface area contributed by atoms with Gasteiger partial charge in [0, 0.05) is 17.3 Å². The zero-order chi connectivity index (χ0) is 18.9. The normalized spacial score (nSPS) is 59.9. The Morgan fingerprint density at radius 1 is 1.12 bits per heavy atom. The summed E-state index contributed by atoms with van der Waals surface area (Å²) < 4.78 is 5.80. The van der Waals surface area contributed by atoms with Crippen LogP contribution in [0.5, 0.6) is 0 Å². The lowest BCUT2D eigenvalue weighted by molar-refractivity contribution is -0.458. The standard InChI is InChI=1S/C20H28O6/c1-9-10-4-5-11-18-8-26-20(25,19(11,14(9)22)15(10)23)16(24)13(18)17(2,3)7-6-12(18)21/h10-13,15-16,21,23-25H,1,4-8H2,2-3H3/t10?,11-,12?,13+,15?,16?,18+,19-,20+/m0/s1. The lowest BCUT2D eigenvalue weighted by Gasteiger charge is -2.74. The highest BCUT2D eigenvalue weighted by Gasteiger charge is 2.86. The molecular weight excluding hydrogens is 336 g/mol. The van der Waals surface area contributed by atoms with Gasteiger partial charge in [0.1, 0.15) is 11.5 Å². The highest BCUT2D eigenvalue weighted by Crippen LogP contribution is 2.76. The van der Waals surface area contributed by atoms with Crippen LogP contribution in [0.2, 0.25) is 0 Å². The molecule has 0 aromatic carbocycles. The molecule has 2 aliphatic heterocycles. The molecule has 6 nitrogen and oxygen atoms in total. The van der Waals surface area contributed by atoms with Gasteiger partial charge in [0.05, 0.1) is 18.8 Å². The van der Waals surface area contributed by atoms with Crippen molar-refractivity contribution in [1.82, 2.24) is 0 Å². The molecule has 2 saturated heterocycles. The van der Waals surface area contributed by atoms with E-state index in [2.05, 4.69) is 6.58 Å². The molecule has 0 radical (unpaired) electrons. The van der Waals surface area contributed by atoms with Crippen LogP contribution in [0.1, 0.15) is 39.5 Å². The third-order valence-corrected chi connectivity index (χ3v) is 8.88. The lowest BCUT2D eigenvalue weighted by Crippen LogP contribution is -2.85. The Hall–Kier alpha value is -0.790. The molecule has 6 aliphatic rings. The van der Waals surface area contributed by atoms with E-state index in [-0.39, 0.29) is 12.0 Å². The summed E-state index contributed by atoms with van der Waals surface area (Å²) in [5.74, 6) is -3.80. The Morgan fingerprint density at radius 2 is 1.81 bits per heavy atom. The minimum absolute atomic E-state index is 0.0966. The molecule has 4 aliphatic carbocycles. The summed E-state index contributed by atoms with van der Waals surface area (Å²) in [5.41, 5.74) is -2.49. The van der Waals surface area contributed by atoms with Gasteiger partial charge in [-0.1, -0.05) is 20.4 Å². The van der Waals surface area contributed by atoms with Gasteiger partial charge < -0.3 is 25.2 Å². The molecule has 6 fully saturated rings. The van der Waals surface area contributed by atoms with Crippen LogP contribution in [-0.4, -0.2) is 56.9 Å². The number of Topliss-reactive ketones (excluding diaryl/α,β-unsaturated/α-hetero) is 1. The first kappa shape index (κ1) is 17.3. The first-order chi connectivity index (χ1) is 12.1. The van der Waals surface area contributed by atoms with E-state index >= 15 is 0 Å². The van der Waals surface area contributed by atoms with Crippen molar-refractivity contribution in [1.29, 1.82) is 0 Å². The molecular formula is C20H28O6. The fourth-order valence-corrected chi connectivity index (χ4v) is 7.90. The van der Waals surface area contributed by atoms with Crippen molar-refractivity contribution < 1.29 is 30.0 Å². The van der Waals surface area contributed by atoms with E-state index in [1.165, 1.54) is 0 Å². The van der Waals surface area contributed by atoms with Crippen molar-refractivity contribution in [2.75, 3.05) is 6.61 Å². The molecule has 0 amide bonds.